The summed E-state index contributed by atoms with van der Waals surface area (Å²) >= 11 is 6.64. The average Bonchev–Trinajstić information content (AvgIpc) is 3.01. The van der Waals surface area contributed by atoms with Crippen LogP contribution in [0.5, 0.6) is 0 Å². The maximum atomic E-state index is 6.64. The molecule has 4 heteroatoms. The predicted octanol–water partition coefficient (Wildman–Crippen LogP) is 2.24. The Morgan fingerprint density at radius 3 is 2.50 bits per heavy atom. The summed E-state index contributed by atoms with van der Waals surface area (Å²) in [6.45, 7) is 11.2. The van der Waals surface area contributed by atoms with E-state index in [1.165, 1.54) is 43.6 Å². The van der Waals surface area contributed by atoms with Gasteiger partial charge in [0.1, 0.15) is 5.50 Å². The van der Waals surface area contributed by atoms with E-state index in [9.17, 15) is 0 Å². The van der Waals surface area contributed by atoms with E-state index in [0.29, 0.717) is 0 Å². The number of allylic oxidation sites excluding steroid dienone is 1. The van der Waals surface area contributed by atoms with Gasteiger partial charge in [-0.1, -0.05) is 5.57 Å². The molecule has 1 N–H and O–H groups in total. The highest BCUT2D eigenvalue weighted by Crippen LogP contribution is 2.23. The molecular weight excluding hydrogens is 246 g/mol. The fourth-order valence-electron chi connectivity index (χ4n) is 2.83. The molecule has 0 amide bonds. The second-order valence-electron chi connectivity index (χ2n) is 5.63. The Bertz CT molecular complexity index is 287. The Morgan fingerprint density at radius 2 is 1.94 bits per heavy atom. The van der Waals surface area contributed by atoms with Gasteiger partial charge in [0.25, 0.3) is 0 Å². The number of hydrogen-bond donors (Lipinski definition) is 1. The van der Waals surface area contributed by atoms with E-state index in [1.807, 2.05) is 0 Å². The van der Waals surface area contributed by atoms with Gasteiger partial charge < -0.3 is 10.2 Å². The second-order valence-corrected chi connectivity index (χ2v) is 6.04. The number of rotatable bonds is 5. The topological polar surface area (TPSA) is 18.5 Å². The molecule has 18 heavy (non-hydrogen) atoms. The third-order valence-electron chi connectivity index (χ3n) is 4.04. The summed E-state index contributed by atoms with van der Waals surface area (Å²) in [5.41, 5.74) is 2.89. The summed E-state index contributed by atoms with van der Waals surface area (Å²) in [6, 6.07) is 0. The number of hydrogen-bond acceptors (Lipinski definition) is 3. The average molecular weight is 272 g/mol. The standard InChI is InChI=1S/C14H26ClN3/c1-12(2)13(5-9-17-7-3-4-8-17)14(15)18-10-6-16-11-18/h14,16H,3-11H2,1-2H3. The maximum Gasteiger partial charge on any atom is 0.108 e. The van der Waals surface area contributed by atoms with E-state index in [4.69, 9.17) is 11.6 Å². The Balaban J connectivity index is 1.88. The number of alkyl halides is 1. The van der Waals surface area contributed by atoms with Crippen molar-refractivity contribution in [2.24, 2.45) is 0 Å². The molecule has 2 rings (SSSR count). The molecule has 2 saturated heterocycles. The van der Waals surface area contributed by atoms with Crippen molar-refractivity contribution in [1.29, 1.82) is 0 Å². The van der Waals surface area contributed by atoms with Crippen molar-refractivity contribution in [2.75, 3.05) is 39.4 Å². The molecule has 2 aliphatic rings. The highest BCUT2D eigenvalue weighted by Gasteiger charge is 2.24. The predicted molar refractivity (Wildman–Crippen MR) is 77.9 cm³/mol. The van der Waals surface area contributed by atoms with Crippen molar-refractivity contribution >= 4 is 11.6 Å². The van der Waals surface area contributed by atoms with Gasteiger partial charge in [-0.2, -0.15) is 0 Å². The molecule has 0 aliphatic carbocycles. The second kappa shape index (κ2) is 6.90. The van der Waals surface area contributed by atoms with Crippen molar-refractivity contribution in [2.45, 2.75) is 38.6 Å². The van der Waals surface area contributed by atoms with E-state index >= 15 is 0 Å². The van der Waals surface area contributed by atoms with Crippen LogP contribution in [-0.4, -0.2) is 54.7 Å². The largest absolute Gasteiger partial charge is 0.303 e. The summed E-state index contributed by atoms with van der Waals surface area (Å²) in [6.07, 6.45) is 3.85. The number of halogens is 1. The lowest BCUT2D eigenvalue weighted by molar-refractivity contribution is 0.308. The van der Waals surface area contributed by atoms with Gasteiger partial charge in [0.2, 0.25) is 0 Å². The molecule has 2 heterocycles. The van der Waals surface area contributed by atoms with Crippen LogP contribution in [0.2, 0.25) is 0 Å². The molecule has 0 bridgehead atoms. The molecule has 0 radical (unpaired) electrons. The van der Waals surface area contributed by atoms with Crippen LogP contribution < -0.4 is 5.32 Å². The van der Waals surface area contributed by atoms with E-state index in [-0.39, 0.29) is 5.50 Å². The van der Waals surface area contributed by atoms with E-state index in [0.717, 1.165) is 26.2 Å². The Labute approximate surface area is 116 Å². The third-order valence-corrected chi connectivity index (χ3v) is 4.58. The third kappa shape index (κ3) is 3.70. The number of likely N-dealkylation sites (tertiary alicyclic amines) is 1. The highest BCUT2D eigenvalue weighted by molar-refractivity contribution is 6.22. The van der Waals surface area contributed by atoms with E-state index in [2.05, 4.69) is 29.0 Å². The van der Waals surface area contributed by atoms with Gasteiger partial charge in [-0.05, 0) is 51.8 Å². The highest BCUT2D eigenvalue weighted by atomic mass is 35.5. The van der Waals surface area contributed by atoms with Gasteiger partial charge >= 0.3 is 0 Å². The van der Waals surface area contributed by atoms with Crippen LogP contribution >= 0.6 is 11.6 Å². The van der Waals surface area contributed by atoms with Gasteiger partial charge in [-0.25, -0.2) is 0 Å². The van der Waals surface area contributed by atoms with Gasteiger partial charge in [-0.3, -0.25) is 4.90 Å². The molecule has 2 aliphatic heterocycles. The van der Waals surface area contributed by atoms with E-state index < -0.39 is 0 Å². The lowest BCUT2D eigenvalue weighted by Crippen LogP contribution is -2.33. The Hall–Kier alpha value is -0.0900. The van der Waals surface area contributed by atoms with Crippen LogP contribution in [-0.2, 0) is 0 Å². The molecule has 1 unspecified atom stereocenters. The minimum Gasteiger partial charge on any atom is -0.303 e. The zero-order valence-corrected chi connectivity index (χ0v) is 12.5. The van der Waals surface area contributed by atoms with Gasteiger partial charge in [-0.15, -0.1) is 11.6 Å². The van der Waals surface area contributed by atoms with Crippen LogP contribution in [0, 0.1) is 0 Å². The first-order valence-electron chi connectivity index (χ1n) is 7.16. The molecule has 0 aromatic rings. The van der Waals surface area contributed by atoms with Crippen LogP contribution in [0.1, 0.15) is 33.1 Å². The Morgan fingerprint density at radius 1 is 1.22 bits per heavy atom. The monoisotopic (exact) mass is 271 g/mol. The molecule has 0 saturated carbocycles. The summed E-state index contributed by atoms with van der Waals surface area (Å²) < 4.78 is 0. The molecule has 0 aromatic carbocycles. The summed E-state index contributed by atoms with van der Waals surface area (Å²) in [5, 5.41) is 3.35. The fourth-order valence-corrected chi connectivity index (χ4v) is 3.32. The van der Waals surface area contributed by atoms with Gasteiger partial charge in [0, 0.05) is 26.3 Å². The van der Waals surface area contributed by atoms with Crippen LogP contribution in [0.3, 0.4) is 0 Å². The minimum absolute atomic E-state index is 0.0765. The Kier molecular flexibility index (Phi) is 5.49. The van der Waals surface area contributed by atoms with Crippen molar-refractivity contribution < 1.29 is 0 Å². The van der Waals surface area contributed by atoms with Crippen molar-refractivity contribution in [3.63, 3.8) is 0 Å². The molecule has 1 atom stereocenters. The minimum atomic E-state index is 0.0765. The summed E-state index contributed by atoms with van der Waals surface area (Å²) in [4.78, 5) is 4.89. The molecule has 2 fully saturated rings. The number of nitrogens with zero attached hydrogens (tertiary/aromatic N) is 2. The summed E-state index contributed by atoms with van der Waals surface area (Å²) in [5.74, 6) is 0. The number of nitrogens with one attached hydrogen (secondary N) is 1. The zero-order chi connectivity index (χ0) is 13.0. The van der Waals surface area contributed by atoms with Crippen molar-refractivity contribution in [3.05, 3.63) is 11.1 Å². The normalized spacial score (nSPS) is 23.5. The first kappa shape index (κ1) is 14.3. The molecule has 0 aromatic heterocycles. The molecule has 3 nitrogen and oxygen atoms in total. The van der Waals surface area contributed by atoms with Crippen LogP contribution in [0.25, 0.3) is 0 Å². The zero-order valence-electron chi connectivity index (χ0n) is 11.7. The first-order valence-corrected chi connectivity index (χ1v) is 7.59. The quantitative estimate of drug-likeness (QED) is 0.470. The van der Waals surface area contributed by atoms with Gasteiger partial charge in [0.15, 0.2) is 0 Å². The maximum absolute atomic E-state index is 6.64. The van der Waals surface area contributed by atoms with Crippen LogP contribution in [0.4, 0.5) is 0 Å². The molecule has 0 spiro atoms. The lowest BCUT2D eigenvalue weighted by atomic mass is 10.1. The molecule has 104 valence electrons. The van der Waals surface area contributed by atoms with E-state index in [1.54, 1.807) is 0 Å². The van der Waals surface area contributed by atoms with Crippen molar-refractivity contribution in [1.82, 2.24) is 15.1 Å². The smallest absolute Gasteiger partial charge is 0.108 e. The van der Waals surface area contributed by atoms with Crippen molar-refractivity contribution in [3.8, 4) is 0 Å². The first-order chi connectivity index (χ1) is 8.68. The van der Waals surface area contributed by atoms with Crippen LogP contribution in [0.15, 0.2) is 11.1 Å². The fraction of sp³-hybridized carbons (Fsp3) is 0.857. The summed E-state index contributed by atoms with van der Waals surface area (Å²) in [7, 11) is 0. The van der Waals surface area contributed by atoms with Gasteiger partial charge in [0.05, 0.1) is 0 Å². The SMILES string of the molecule is CC(C)=C(CCN1CCCC1)C(Cl)N1CCNC1. The molecular formula is C14H26ClN3. The lowest BCUT2D eigenvalue weighted by Gasteiger charge is -2.26.